The lowest BCUT2D eigenvalue weighted by molar-refractivity contribution is 0.0791. The summed E-state index contributed by atoms with van der Waals surface area (Å²) in [6.07, 6.45) is 1.49. The van der Waals surface area contributed by atoms with Crippen molar-refractivity contribution in [3.8, 4) is 22.2 Å². The van der Waals surface area contributed by atoms with Crippen LogP contribution in [0.25, 0.3) is 10.7 Å². The Labute approximate surface area is 154 Å². The summed E-state index contributed by atoms with van der Waals surface area (Å²) in [6.45, 7) is 2.59. The van der Waals surface area contributed by atoms with Crippen molar-refractivity contribution in [3.05, 3.63) is 59.2 Å². The molecule has 4 rings (SSSR count). The minimum absolute atomic E-state index is 0.162. The molecule has 1 aromatic carbocycles. The van der Waals surface area contributed by atoms with Gasteiger partial charge in [0.25, 0.3) is 5.91 Å². The van der Waals surface area contributed by atoms with Crippen LogP contribution in [-0.2, 0) is 0 Å². The number of ether oxygens (including phenoxy) is 2. The van der Waals surface area contributed by atoms with Crippen LogP contribution in [-0.4, -0.2) is 35.1 Å². The van der Waals surface area contributed by atoms with Crippen molar-refractivity contribution < 1.29 is 14.3 Å². The molecular weight excluding hydrogens is 350 g/mol. The van der Waals surface area contributed by atoms with Crippen LogP contribution in [0.4, 0.5) is 0 Å². The molecule has 7 heteroatoms. The number of benzene rings is 1. The van der Waals surface area contributed by atoms with E-state index in [9.17, 15) is 4.79 Å². The van der Waals surface area contributed by atoms with Crippen molar-refractivity contribution in [3.63, 3.8) is 0 Å². The second kappa shape index (κ2) is 7.13. The number of aromatic nitrogens is 2. The topological polar surface area (TPSA) is 73.3 Å². The molecule has 3 aromatic rings. The number of rotatable bonds is 4. The van der Waals surface area contributed by atoms with Gasteiger partial charge in [-0.05, 0) is 31.2 Å². The fourth-order valence-corrected chi connectivity index (χ4v) is 3.62. The highest BCUT2D eigenvalue weighted by Crippen LogP contribution is 2.31. The van der Waals surface area contributed by atoms with Gasteiger partial charge in [0.05, 0.1) is 17.9 Å². The molecule has 1 atom stereocenters. The number of hydrogen-bond acceptors (Lipinski definition) is 6. The lowest BCUT2D eigenvalue weighted by Gasteiger charge is -2.26. The van der Waals surface area contributed by atoms with E-state index in [1.54, 1.807) is 6.20 Å². The molecule has 1 aliphatic heterocycles. The van der Waals surface area contributed by atoms with E-state index in [-0.39, 0.29) is 12.0 Å². The Bertz CT molecular complexity index is 927. The first-order chi connectivity index (χ1) is 12.7. The summed E-state index contributed by atoms with van der Waals surface area (Å²) in [5.74, 6) is 1.27. The van der Waals surface area contributed by atoms with Gasteiger partial charge in [-0.2, -0.15) is 0 Å². The minimum Gasteiger partial charge on any atom is -0.486 e. The molecule has 1 amide bonds. The van der Waals surface area contributed by atoms with E-state index in [0.29, 0.717) is 29.5 Å². The molecule has 0 saturated heterocycles. The van der Waals surface area contributed by atoms with Gasteiger partial charge in [0, 0.05) is 6.20 Å². The van der Waals surface area contributed by atoms with Gasteiger partial charge in [-0.3, -0.25) is 9.78 Å². The number of para-hydroxylation sites is 2. The van der Waals surface area contributed by atoms with Crippen LogP contribution in [0, 0.1) is 6.92 Å². The second-order valence-corrected chi connectivity index (χ2v) is 6.86. The van der Waals surface area contributed by atoms with Crippen LogP contribution in [0.3, 0.4) is 0 Å². The number of aryl methyl sites for hydroxylation is 1. The van der Waals surface area contributed by atoms with Crippen LogP contribution >= 0.6 is 11.3 Å². The lowest BCUT2D eigenvalue weighted by atomic mass is 10.2. The van der Waals surface area contributed by atoms with Crippen molar-refractivity contribution in [2.24, 2.45) is 0 Å². The van der Waals surface area contributed by atoms with Crippen LogP contribution in [0.5, 0.6) is 11.5 Å². The van der Waals surface area contributed by atoms with Crippen molar-refractivity contribution in [2.45, 2.75) is 13.0 Å². The molecule has 0 fully saturated rings. The highest BCUT2D eigenvalue weighted by molar-refractivity contribution is 7.17. The van der Waals surface area contributed by atoms with E-state index >= 15 is 0 Å². The summed E-state index contributed by atoms with van der Waals surface area (Å²) < 4.78 is 11.5. The van der Waals surface area contributed by atoms with Crippen LogP contribution in [0.2, 0.25) is 0 Å². The van der Waals surface area contributed by atoms with Gasteiger partial charge < -0.3 is 14.8 Å². The molecule has 0 radical (unpaired) electrons. The first-order valence-electron chi connectivity index (χ1n) is 8.26. The molecule has 0 saturated carbocycles. The summed E-state index contributed by atoms with van der Waals surface area (Å²) in [4.78, 5) is 21.9. The Hall–Kier alpha value is -2.93. The third kappa shape index (κ3) is 3.39. The average Bonchev–Trinajstić information content (AvgIpc) is 3.08. The van der Waals surface area contributed by atoms with Gasteiger partial charge >= 0.3 is 0 Å². The zero-order valence-corrected chi connectivity index (χ0v) is 15.0. The van der Waals surface area contributed by atoms with Crippen molar-refractivity contribution in [1.29, 1.82) is 0 Å². The number of carbonyl (C=O) groups is 1. The maximum absolute atomic E-state index is 12.5. The second-order valence-electron chi connectivity index (χ2n) is 5.86. The number of thiazole rings is 1. The van der Waals surface area contributed by atoms with Gasteiger partial charge in [-0.15, -0.1) is 11.3 Å². The van der Waals surface area contributed by atoms with E-state index < -0.39 is 0 Å². The summed E-state index contributed by atoms with van der Waals surface area (Å²) in [5.41, 5.74) is 1.46. The first-order valence-corrected chi connectivity index (χ1v) is 9.08. The molecule has 0 spiro atoms. The third-order valence-electron chi connectivity index (χ3n) is 3.94. The smallest absolute Gasteiger partial charge is 0.263 e. The highest BCUT2D eigenvalue weighted by Gasteiger charge is 2.23. The largest absolute Gasteiger partial charge is 0.486 e. The monoisotopic (exact) mass is 367 g/mol. The SMILES string of the molecule is Cc1nc(-c2ccccn2)sc1C(=O)NC[C@@H]1COc2ccccc2O1. The van der Waals surface area contributed by atoms with Gasteiger partial charge in [-0.1, -0.05) is 18.2 Å². The summed E-state index contributed by atoms with van der Waals surface area (Å²) >= 11 is 1.34. The molecule has 26 heavy (non-hydrogen) atoms. The molecular formula is C19H17N3O3S. The predicted molar refractivity (Wildman–Crippen MR) is 98.8 cm³/mol. The van der Waals surface area contributed by atoms with Crippen LogP contribution in [0.1, 0.15) is 15.4 Å². The number of fused-ring (bicyclic) bond motifs is 1. The van der Waals surface area contributed by atoms with Crippen LogP contribution < -0.4 is 14.8 Å². The Morgan fingerprint density at radius 1 is 1.23 bits per heavy atom. The molecule has 6 nitrogen and oxygen atoms in total. The van der Waals surface area contributed by atoms with E-state index in [2.05, 4.69) is 15.3 Å². The van der Waals surface area contributed by atoms with Gasteiger partial charge in [-0.25, -0.2) is 4.98 Å². The molecule has 0 bridgehead atoms. The fraction of sp³-hybridized carbons (Fsp3) is 0.211. The Kier molecular flexibility index (Phi) is 4.53. The number of amides is 1. The molecule has 1 aliphatic rings. The average molecular weight is 367 g/mol. The predicted octanol–water partition coefficient (Wildman–Crippen LogP) is 3.08. The zero-order valence-electron chi connectivity index (χ0n) is 14.1. The number of carbonyl (C=O) groups excluding carboxylic acids is 1. The van der Waals surface area contributed by atoms with E-state index in [0.717, 1.165) is 16.5 Å². The molecule has 2 aromatic heterocycles. The quantitative estimate of drug-likeness (QED) is 0.767. The number of nitrogens with zero attached hydrogens (tertiary/aromatic N) is 2. The summed E-state index contributed by atoms with van der Waals surface area (Å²) in [5, 5.41) is 3.65. The van der Waals surface area contributed by atoms with E-state index in [1.165, 1.54) is 11.3 Å². The van der Waals surface area contributed by atoms with E-state index in [4.69, 9.17) is 9.47 Å². The summed E-state index contributed by atoms with van der Waals surface area (Å²) in [7, 11) is 0. The molecule has 132 valence electrons. The Morgan fingerprint density at radius 2 is 2.04 bits per heavy atom. The molecule has 0 aliphatic carbocycles. The summed E-state index contributed by atoms with van der Waals surface area (Å²) in [6, 6.07) is 13.1. The third-order valence-corrected chi connectivity index (χ3v) is 5.12. The maximum atomic E-state index is 12.5. The standard InChI is InChI=1S/C19H17N3O3S/c1-12-17(26-19(22-12)14-6-4-5-9-20-14)18(23)21-10-13-11-24-15-7-2-3-8-16(15)25-13/h2-9,13H,10-11H2,1H3,(H,21,23)/t13-/m1/s1. The normalized spacial score (nSPS) is 15.5. The van der Waals surface area contributed by atoms with Gasteiger partial charge in [0.15, 0.2) is 11.5 Å². The van der Waals surface area contributed by atoms with Crippen LogP contribution in [0.15, 0.2) is 48.7 Å². The Morgan fingerprint density at radius 3 is 2.85 bits per heavy atom. The number of pyridine rings is 1. The molecule has 3 heterocycles. The molecule has 1 N–H and O–H groups in total. The van der Waals surface area contributed by atoms with Crippen molar-refractivity contribution in [1.82, 2.24) is 15.3 Å². The molecule has 0 unspecified atom stereocenters. The Balaban J connectivity index is 1.41. The lowest BCUT2D eigenvalue weighted by Crippen LogP contribution is -2.40. The fourth-order valence-electron chi connectivity index (χ4n) is 2.66. The first kappa shape index (κ1) is 16.5. The van der Waals surface area contributed by atoms with Gasteiger partial charge in [0.2, 0.25) is 0 Å². The maximum Gasteiger partial charge on any atom is 0.263 e. The zero-order chi connectivity index (χ0) is 17.9. The van der Waals surface area contributed by atoms with Gasteiger partial charge in [0.1, 0.15) is 22.6 Å². The number of nitrogens with one attached hydrogen (secondary N) is 1. The van der Waals surface area contributed by atoms with Crippen molar-refractivity contribution in [2.75, 3.05) is 13.2 Å². The van der Waals surface area contributed by atoms with E-state index in [1.807, 2.05) is 49.4 Å². The minimum atomic E-state index is -0.225. The number of hydrogen-bond donors (Lipinski definition) is 1. The van der Waals surface area contributed by atoms with Crippen molar-refractivity contribution >= 4 is 17.2 Å². The highest BCUT2D eigenvalue weighted by atomic mass is 32.1.